The Balaban J connectivity index is 2.11. The van der Waals surface area contributed by atoms with Crippen molar-refractivity contribution in [2.24, 2.45) is 0 Å². The van der Waals surface area contributed by atoms with Gasteiger partial charge in [-0.2, -0.15) is 5.10 Å². The van der Waals surface area contributed by atoms with Crippen LogP contribution in [0, 0.1) is 6.92 Å². The van der Waals surface area contributed by atoms with Gasteiger partial charge in [-0.1, -0.05) is 6.07 Å². The molecule has 0 saturated carbocycles. The van der Waals surface area contributed by atoms with Gasteiger partial charge in [-0.05, 0) is 30.0 Å². The highest BCUT2D eigenvalue weighted by molar-refractivity contribution is 7.22. The summed E-state index contributed by atoms with van der Waals surface area (Å²) in [7, 11) is 3.25. The molecule has 1 aromatic carbocycles. The van der Waals surface area contributed by atoms with Gasteiger partial charge in [-0.15, -0.1) is 11.3 Å². The lowest BCUT2D eigenvalue weighted by Crippen LogP contribution is -2.02. The van der Waals surface area contributed by atoms with E-state index in [9.17, 15) is 4.79 Å². The minimum absolute atomic E-state index is 0.261. The Hall–Kier alpha value is -2.97. The summed E-state index contributed by atoms with van der Waals surface area (Å²) in [6.45, 7) is 2.29. The number of nitrogens with two attached hydrogens (primary N) is 1. The fourth-order valence-corrected chi connectivity index (χ4v) is 4.60. The second-order valence-corrected chi connectivity index (χ2v) is 7.24. The molecule has 0 amide bonds. The predicted molar refractivity (Wildman–Crippen MR) is 106 cm³/mol. The average molecular weight is 382 g/mol. The van der Waals surface area contributed by atoms with Crippen LogP contribution in [-0.4, -0.2) is 35.1 Å². The van der Waals surface area contributed by atoms with Crippen LogP contribution < -0.4 is 10.5 Å². The number of aryl methyl sites for hydroxylation is 1. The number of thiophene rings is 1. The molecule has 0 radical (unpaired) electrons. The number of nitrogen functional groups attached to an aromatic ring is 1. The highest BCUT2D eigenvalue weighted by Gasteiger charge is 2.24. The summed E-state index contributed by atoms with van der Waals surface area (Å²) < 4.78 is 13.5. The van der Waals surface area contributed by atoms with Crippen LogP contribution in [0.2, 0.25) is 0 Å². The summed E-state index contributed by atoms with van der Waals surface area (Å²) in [6.07, 6.45) is 2.11. The van der Waals surface area contributed by atoms with Crippen molar-refractivity contribution in [3.8, 4) is 16.2 Å². The lowest BCUT2D eigenvalue weighted by molar-refractivity contribution is 0.111. The second kappa shape index (κ2) is 6.64. The third-order valence-electron chi connectivity index (χ3n) is 4.49. The van der Waals surface area contributed by atoms with Gasteiger partial charge in [-0.3, -0.25) is 4.79 Å². The molecule has 0 fully saturated rings. The van der Waals surface area contributed by atoms with E-state index in [1.807, 2.05) is 13.0 Å². The van der Waals surface area contributed by atoms with Gasteiger partial charge >= 0.3 is 0 Å². The molecule has 0 aliphatic carbocycles. The van der Waals surface area contributed by atoms with E-state index in [0.717, 1.165) is 43.7 Å². The summed E-state index contributed by atoms with van der Waals surface area (Å²) in [6, 6.07) is 6.18. The fourth-order valence-electron chi connectivity index (χ4n) is 3.40. The van der Waals surface area contributed by atoms with Crippen molar-refractivity contribution < 1.29 is 14.3 Å². The molecule has 27 heavy (non-hydrogen) atoms. The fraction of sp³-hybridized carbons (Fsp3) is 0.211. The zero-order valence-electron chi connectivity index (χ0n) is 15.1. The molecule has 3 aromatic heterocycles. The standard InChI is InChI=1S/C19H18N4O3S/c1-10-4-11-6-15(27-18(11)14(5-10)26-3)16-12(8-25-2)13(7-24)23-17(16)19(20)21-9-22-23/h4-7,9H,8H2,1-3H3,(H2,20,21,22). The maximum Gasteiger partial charge on any atom is 0.168 e. The first-order valence-electron chi connectivity index (χ1n) is 8.25. The van der Waals surface area contributed by atoms with Crippen LogP contribution in [0.3, 0.4) is 0 Å². The first kappa shape index (κ1) is 17.4. The number of aldehydes is 1. The Labute approximate surface area is 159 Å². The number of hydrogen-bond acceptors (Lipinski definition) is 7. The van der Waals surface area contributed by atoms with Gasteiger partial charge in [0, 0.05) is 23.1 Å². The predicted octanol–water partition coefficient (Wildman–Crippen LogP) is 3.47. The molecule has 0 spiro atoms. The lowest BCUT2D eigenvalue weighted by atomic mass is 10.1. The largest absolute Gasteiger partial charge is 0.495 e. The zero-order valence-corrected chi connectivity index (χ0v) is 16.0. The molecule has 0 aliphatic rings. The molecule has 7 nitrogen and oxygen atoms in total. The van der Waals surface area contributed by atoms with Crippen LogP contribution >= 0.6 is 11.3 Å². The summed E-state index contributed by atoms with van der Waals surface area (Å²) in [5, 5.41) is 5.29. The van der Waals surface area contributed by atoms with E-state index in [-0.39, 0.29) is 6.61 Å². The first-order valence-corrected chi connectivity index (χ1v) is 9.07. The Kier molecular flexibility index (Phi) is 4.29. The molecule has 2 N–H and O–H groups in total. The summed E-state index contributed by atoms with van der Waals surface area (Å²) in [5.41, 5.74) is 9.84. The van der Waals surface area contributed by atoms with Crippen LogP contribution in [0.25, 0.3) is 26.0 Å². The first-order chi connectivity index (χ1) is 13.1. The molecular weight excluding hydrogens is 364 g/mol. The SMILES string of the molecule is COCc1c(-c2cc3cc(C)cc(OC)c3s2)c2c(N)ncnn2c1C=O. The average Bonchev–Trinajstić information content (AvgIpc) is 3.20. The molecule has 4 aromatic rings. The third kappa shape index (κ3) is 2.65. The van der Waals surface area contributed by atoms with Gasteiger partial charge in [0.15, 0.2) is 12.1 Å². The van der Waals surface area contributed by atoms with Gasteiger partial charge in [0.1, 0.15) is 23.3 Å². The molecule has 0 bridgehead atoms. The molecule has 0 saturated heterocycles. The highest BCUT2D eigenvalue weighted by Crippen LogP contribution is 2.44. The van der Waals surface area contributed by atoms with Gasteiger partial charge in [0.2, 0.25) is 0 Å². The van der Waals surface area contributed by atoms with Crippen molar-refractivity contribution >= 4 is 39.0 Å². The zero-order chi connectivity index (χ0) is 19.1. The number of anilines is 1. The summed E-state index contributed by atoms with van der Waals surface area (Å²) in [5.74, 6) is 1.13. The van der Waals surface area contributed by atoms with E-state index < -0.39 is 0 Å². The molecular formula is C19H18N4O3S. The number of carbonyl (C=O) groups is 1. The number of carbonyl (C=O) groups excluding carboxylic acids is 1. The summed E-state index contributed by atoms with van der Waals surface area (Å²) >= 11 is 1.58. The Morgan fingerprint density at radius 3 is 2.81 bits per heavy atom. The van der Waals surface area contributed by atoms with E-state index in [2.05, 4.69) is 22.2 Å². The molecule has 138 valence electrons. The Morgan fingerprint density at radius 1 is 1.30 bits per heavy atom. The van der Waals surface area contributed by atoms with E-state index in [4.69, 9.17) is 15.2 Å². The quantitative estimate of drug-likeness (QED) is 0.532. The minimum Gasteiger partial charge on any atom is -0.495 e. The smallest absolute Gasteiger partial charge is 0.168 e. The number of aromatic nitrogens is 3. The van der Waals surface area contributed by atoms with Crippen LogP contribution in [0.15, 0.2) is 24.5 Å². The third-order valence-corrected chi connectivity index (χ3v) is 5.67. The van der Waals surface area contributed by atoms with Crippen molar-refractivity contribution in [3.05, 3.63) is 41.3 Å². The monoisotopic (exact) mass is 382 g/mol. The number of ether oxygens (including phenoxy) is 2. The van der Waals surface area contributed by atoms with Gasteiger partial charge in [-0.25, -0.2) is 9.50 Å². The number of nitrogens with zero attached hydrogens (tertiary/aromatic N) is 3. The second-order valence-electron chi connectivity index (χ2n) is 6.19. The minimum atomic E-state index is 0.261. The van der Waals surface area contributed by atoms with Gasteiger partial charge in [0.25, 0.3) is 0 Å². The van der Waals surface area contributed by atoms with Crippen molar-refractivity contribution in [2.75, 3.05) is 20.0 Å². The van der Waals surface area contributed by atoms with Crippen LogP contribution in [0.5, 0.6) is 5.75 Å². The Morgan fingerprint density at radius 2 is 2.11 bits per heavy atom. The maximum absolute atomic E-state index is 11.8. The number of benzene rings is 1. The molecule has 0 unspecified atom stereocenters. The summed E-state index contributed by atoms with van der Waals surface area (Å²) in [4.78, 5) is 16.9. The van der Waals surface area contributed by atoms with Crippen molar-refractivity contribution in [3.63, 3.8) is 0 Å². The lowest BCUT2D eigenvalue weighted by Gasteiger charge is -2.03. The normalized spacial score (nSPS) is 11.4. The van der Waals surface area contributed by atoms with Crippen LogP contribution in [0.1, 0.15) is 21.6 Å². The van der Waals surface area contributed by atoms with E-state index in [0.29, 0.717) is 17.0 Å². The van der Waals surface area contributed by atoms with E-state index >= 15 is 0 Å². The molecule has 3 heterocycles. The highest BCUT2D eigenvalue weighted by atomic mass is 32.1. The maximum atomic E-state index is 11.8. The molecule has 0 atom stereocenters. The Bertz CT molecular complexity index is 1180. The van der Waals surface area contributed by atoms with Crippen molar-refractivity contribution in [2.45, 2.75) is 13.5 Å². The number of methoxy groups -OCH3 is 2. The number of rotatable bonds is 5. The molecule has 4 rings (SSSR count). The van der Waals surface area contributed by atoms with Crippen LogP contribution in [0.4, 0.5) is 5.82 Å². The van der Waals surface area contributed by atoms with E-state index in [1.54, 1.807) is 25.6 Å². The van der Waals surface area contributed by atoms with Gasteiger partial charge < -0.3 is 15.2 Å². The molecule has 0 aliphatic heterocycles. The van der Waals surface area contributed by atoms with Crippen molar-refractivity contribution in [1.82, 2.24) is 14.6 Å². The van der Waals surface area contributed by atoms with Crippen molar-refractivity contribution in [1.29, 1.82) is 0 Å². The number of hydrogen-bond donors (Lipinski definition) is 1. The number of fused-ring (bicyclic) bond motifs is 2. The molecule has 8 heteroatoms. The van der Waals surface area contributed by atoms with Crippen LogP contribution in [-0.2, 0) is 11.3 Å². The topological polar surface area (TPSA) is 91.7 Å². The van der Waals surface area contributed by atoms with Gasteiger partial charge in [0.05, 0.1) is 18.4 Å². The van der Waals surface area contributed by atoms with E-state index in [1.165, 1.54) is 10.8 Å².